The zero-order valence-corrected chi connectivity index (χ0v) is 13.5. The van der Waals surface area contributed by atoms with Crippen LogP contribution in [0.2, 0.25) is 5.02 Å². The minimum absolute atomic E-state index is 0.000274. The van der Waals surface area contributed by atoms with Crippen molar-refractivity contribution < 1.29 is 13.6 Å². The highest BCUT2D eigenvalue weighted by Gasteiger charge is 2.08. The minimum atomic E-state index is -0.506. The van der Waals surface area contributed by atoms with Gasteiger partial charge in [0.2, 0.25) is 0 Å². The highest BCUT2D eigenvalue weighted by Crippen LogP contribution is 2.22. The van der Waals surface area contributed by atoms with Gasteiger partial charge in [-0.1, -0.05) is 11.6 Å². The highest BCUT2D eigenvalue weighted by molar-refractivity contribution is 6.31. The van der Waals surface area contributed by atoms with E-state index < -0.39 is 5.82 Å². The molecular weight excluding hydrogens is 348 g/mol. The molecule has 0 unspecified atom stereocenters. The zero-order valence-electron chi connectivity index (χ0n) is 12.8. The molecule has 0 fully saturated rings. The number of hydrogen-bond donors (Lipinski definition) is 2. The third-order valence-electron chi connectivity index (χ3n) is 3.32. The van der Waals surface area contributed by atoms with Crippen molar-refractivity contribution in [2.24, 2.45) is 0 Å². The molecule has 0 aliphatic rings. The Kier molecular flexibility index (Phi) is 4.90. The molecule has 0 bridgehead atoms. The number of aromatic nitrogens is 1. The summed E-state index contributed by atoms with van der Waals surface area (Å²) in [5, 5.41) is 5.60. The summed E-state index contributed by atoms with van der Waals surface area (Å²) in [6.45, 7) is 0. The van der Waals surface area contributed by atoms with Gasteiger partial charge in [-0.2, -0.15) is 0 Å². The van der Waals surface area contributed by atoms with Crippen molar-refractivity contribution in [1.82, 2.24) is 4.98 Å². The van der Waals surface area contributed by atoms with Crippen LogP contribution in [0.25, 0.3) is 0 Å². The molecule has 0 saturated heterocycles. The SMILES string of the molecule is O=C(Nc1ccc(F)cc1)c1ccc(Nc2ccc(F)c(Cl)c2)nc1. The summed E-state index contributed by atoms with van der Waals surface area (Å²) in [5.74, 6) is -0.777. The molecule has 0 radical (unpaired) electrons. The van der Waals surface area contributed by atoms with Crippen LogP contribution in [0.15, 0.2) is 60.8 Å². The van der Waals surface area contributed by atoms with E-state index in [9.17, 15) is 13.6 Å². The number of amides is 1. The van der Waals surface area contributed by atoms with E-state index in [4.69, 9.17) is 11.6 Å². The van der Waals surface area contributed by atoms with Gasteiger partial charge in [0.05, 0.1) is 10.6 Å². The standard InChI is InChI=1S/C18H12ClF2N3O/c19-15-9-14(6-7-16(15)21)23-17-8-1-11(10-22-17)18(25)24-13-4-2-12(20)3-5-13/h1-10H,(H,22,23)(H,24,25). The number of benzene rings is 2. The number of nitrogens with one attached hydrogen (secondary N) is 2. The van der Waals surface area contributed by atoms with Crippen LogP contribution in [0.4, 0.5) is 26.0 Å². The van der Waals surface area contributed by atoms with Crippen molar-refractivity contribution in [3.05, 3.63) is 83.0 Å². The second kappa shape index (κ2) is 7.27. The molecule has 7 heteroatoms. The number of rotatable bonds is 4. The molecule has 1 heterocycles. The highest BCUT2D eigenvalue weighted by atomic mass is 35.5. The molecule has 1 aromatic heterocycles. The Morgan fingerprint density at radius 3 is 2.32 bits per heavy atom. The Morgan fingerprint density at radius 1 is 0.960 bits per heavy atom. The number of anilines is 3. The lowest BCUT2D eigenvalue weighted by atomic mass is 10.2. The summed E-state index contributed by atoms with van der Waals surface area (Å²) in [6.07, 6.45) is 1.40. The van der Waals surface area contributed by atoms with Crippen LogP contribution in [0.3, 0.4) is 0 Å². The first-order valence-corrected chi connectivity index (χ1v) is 7.64. The second-order valence-electron chi connectivity index (χ2n) is 5.15. The van der Waals surface area contributed by atoms with Crippen molar-refractivity contribution in [3.63, 3.8) is 0 Å². The summed E-state index contributed by atoms with van der Waals surface area (Å²) < 4.78 is 26.0. The molecule has 126 valence electrons. The smallest absolute Gasteiger partial charge is 0.257 e. The number of carbonyl (C=O) groups excluding carboxylic acids is 1. The first-order chi connectivity index (χ1) is 12.0. The molecule has 0 spiro atoms. The summed E-state index contributed by atoms with van der Waals surface area (Å²) in [5.41, 5.74) is 1.39. The molecular formula is C18H12ClF2N3O. The molecule has 0 saturated carbocycles. The molecule has 3 aromatic rings. The van der Waals surface area contributed by atoms with Gasteiger partial charge in [0.15, 0.2) is 0 Å². The zero-order chi connectivity index (χ0) is 17.8. The fourth-order valence-electron chi connectivity index (χ4n) is 2.06. The van der Waals surface area contributed by atoms with E-state index in [1.54, 1.807) is 12.1 Å². The van der Waals surface area contributed by atoms with E-state index >= 15 is 0 Å². The predicted molar refractivity (Wildman–Crippen MR) is 93.3 cm³/mol. The molecule has 2 aromatic carbocycles. The van der Waals surface area contributed by atoms with Gasteiger partial charge in [-0.3, -0.25) is 4.79 Å². The molecule has 1 amide bonds. The quantitative estimate of drug-likeness (QED) is 0.688. The maximum atomic E-state index is 13.1. The van der Waals surface area contributed by atoms with E-state index in [0.29, 0.717) is 22.8 Å². The van der Waals surface area contributed by atoms with E-state index in [0.717, 1.165) is 0 Å². The first-order valence-electron chi connectivity index (χ1n) is 7.26. The summed E-state index contributed by atoms with van der Waals surface area (Å²) >= 11 is 5.72. The third kappa shape index (κ3) is 4.30. The monoisotopic (exact) mass is 359 g/mol. The minimum Gasteiger partial charge on any atom is -0.340 e. The van der Waals surface area contributed by atoms with E-state index in [1.807, 2.05) is 0 Å². The lowest BCUT2D eigenvalue weighted by Crippen LogP contribution is -2.12. The Labute approximate surface area is 147 Å². The maximum Gasteiger partial charge on any atom is 0.257 e. The summed E-state index contributed by atoms with van der Waals surface area (Å²) in [4.78, 5) is 16.3. The fourth-order valence-corrected chi connectivity index (χ4v) is 2.24. The van der Waals surface area contributed by atoms with Crippen LogP contribution >= 0.6 is 11.6 Å². The normalized spacial score (nSPS) is 10.4. The molecule has 3 rings (SSSR count). The maximum absolute atomic E-state index is 13.1. The number of halogens is 3. The molecule has 0 aliphatic carbocycles. The lowest BCUT2D eigenvalue weighted by molar-refractivity contribution is 0.102. The second-order valence-corrected chi connectivity index (χ2v) is 5.55. The van der Waals surface area contributed by atoms with Crippen LogP contribution in [-0.2, 0) is 0 Å². The van der Waals surface area contributed by atoms with Crippen molar-refractivity contribution in [2.45, 2.75) is 0 Å². The average molecular weight is 360 g/mol. The fraction of sp³-hybridized carbons (Fsp3) is 0. The first kappa shape index (κ1) is 16.9. The molecule has 4 nitrogen and oxygen atoms in total. The lowest BCUT2D eigenvalue weighted by Gasteiger charge is -2.08. The van der Waals surface area contributed by atoms with Crippen LogP contribution in [0.5, 0.6) is 0 Å². The van der Waals surface area contributed by atoms with Crippen molar-refractivity contribution in [1.29, 1.82) is 0 Å². The third-order valence-corrected chi connectivity index (χ3v) is 3.61. The van der Waals surface area contributed by atoms with E-state index in [2.05, 4.69) is 15.6 Å². The van der Waals surface area contributed by atoms with Gasteiger partial charge < -0.3 is 10.6 Å². The van der Waals surface area contributed by atoms with Gasteiger partial charge >= 0.3 is 0 Å². The van der Waals surface area contributed by atoms with Crippen LogP contribution in [-0.4, -0.2) is 10.9 Å². The number of pyridine rings is 1. The van der Waals surface area contributed by atoms with Crippen LogP contribution < -0.4 is 10.6 Å². The van der Waals surface area contributed by atoms with Crippen molar-refractivity contribution in [3.8, 4) is 0 Å². The van der Waals surface area contributed by atoms with E-state index in [1.165, 1.54) is 48.7 Å². The van der Waals surface area contributed by atoms with Gasteiger partial charge in [0.1, 0.15) is 17.5 Å². The van der Waals surface area contributed by atoms with Crippen molar-refractivity contribution >= 4 is 34.7 Å². The van der Waals surface area contributed by atoms with E-state index in [-0.39, 0.29) is 16.7 Å². The van der Waals surface area contributed by atoms with Crippen molar-refractivity contribution in [2.75, 3.05) is 10.6 Å². The Balaban J connectivity index is 1.67. The molecule has 0 aliphatic heterocycles. The van der Waals surface area contributed by atoms with Gasteiger partial charge in [0.25, 0.3) is 5.91 Å². The van der Waals surface area contributed by atoms with Gasteiger partial charge in [-0.15, -0.1) is 0 Å². The Morgan fingerprint density at radius 2 is 1.68 bits per heavy atom. The Hall–Kier alpha value is -2.99. The molecule has 2 N–H and O–H groups in total. The molecule has 25 heavy (non-hydrogen) atoms. The number of hydrogen-bond acceptors (Lipinski definition) is 3. The van der Waals surface area contributed by atoms with Gasteiger partial charge in [-0.05, 0) is 54.6 Å². The summed E-state index contributed by atoms with van der Waals surface area (Å²) in [7, 11) is 0. The van der Waals surface area contributed by atoms with Gasteiger partial charge in [-0.25, -0.2) is 13.8 Å². The average Bonchev–Trinajstić information content (AvgIpc) is 2.61. The summed E-state index contributed by atoms with van der Waals surface area (Å²) in [6, 6.07) is 12.9. The largest absolute Gasteiger partial charge is 0.340 e. The van der Waals surface area contributed by atoms with Crippen LogP contribution in [0, 0.1) is 11.6 Å². The Bertz CT molecular complexity index is 899. The molecule has 0 atom stereocenters. The predicted octanol–water partition coefficient (Wildman–Crippen LogP) is 5.01. The number of nitrogens with zero attached hydrogens (tertiary/aromatic N) is 1. The topological polar surface area (TPSA) is 54.0 Å². The van der Waals surface area contributed by atoms with Gasteiger partial charge in [0, 0.05) is 17.6 Å². The van der Waals surface area contributed by atoms with Crippen LogP contribution in [0.1, 0.15) is 10.4 Å². The number of carbonyl (C=O) groups is 1.